The van der Waals surface area contributed by atoms with Crippen LogP contribution >= 0.6 is 0 Å². The fourth-order valence-corrected chi connectivity index (χ4v) is 0.987. The highest BCUT2D eigenvalue weighted by molar-refractivity contribution is 7.79. The van der Waals surface area contributed by atoms with Crippen LogP contribution in [0, 0.1) is 0 Å². The van der Waals surface area contributed by atoms with Gasteiger partial charge in [-0.2, -0.15) is 8.42 Å². The van der Waals surface area contributed by atoms with Gasteiger partial charge in [0.25, 0.3) is 0 Å². The molecule has 0 fully saturated rings. The largest absolute Gasteiger partial charge is 0.399 e. The number of hydrogen-bond donors (Lipinski definition) is 5. The minimum atomic E-state index is -4.67. The number of nitrogen functional groups attached to an aromatic ring is 2. The monoisotopic (exact) mass is 263 g/mol. The quantitative estimate of drug-likeness (QED) is 0.405. The van der Waals surface area contributed by atoms with Crippen LogP contribution in [0.5, 0.6) is 0 Å². The third-order valence-electron chi connectivity index (χ3n) is 1.64. The molecule has 0 aliphatic carbocycles. The van der Waals surface area contributed by atoms with E-state index in [0.717, 1.165) is 30.0 Å². The Morgan fingerprint density at radius 2 is 1.82 bits per heavy atom. The molecule has 0 aliphatic rings. The molecule has 0 amide bonds. The lowest BCUT2D eigenvalue weighted by atomic mass is 10.2. The second-order valence-electron chi connectivity index (χ2n) is 3.22. The highest BCUT2D eigenvalue weighted by Crippen LogP contribution is 2.20. The number of rotatable bonds is 3. The van der Waals surface area contributed by atoms with E-state index in [-0.39, 0.29) is 0 Å². The van der Waals surface area contributed by atoms with Crippen LogP contribution in [0.3, 0.4) is 0 Å². The standard InChI is InChI=1S/C9H15N3.H2O4S/c1-2-5-12-9-6-7(10)3-4-8(9)11;1-5(2,3)4/h3-4,6,12H,2,5,10-11H2,1H3;(H2,1,2,3,4). The molecular formula is C9H17N3O4S. The van der Waals surface area contributed by atoms with Crippen LogP contribution in [-0.2, 0) is 10.4 Å². The molecule has 0 unspecified atom stereocenters. The molecule has 7 N–H and O–H groups in total. The molecule has 0 bridgehead atoms. The number of anilines is 3. The van der Waals surface area contributed by atoms with Gasteiger partial charge in [0.05, 0.1) is 11.4 Å². The number of hydrogen-bond acceptors (Lipinski definition) is 5. The summed E-state index contributed by atoms with van der Waals surface area (Å²) >= 11 is 0. The van der Waals surface area contributed by atoms with Crippen molar-refractivity contribution in [2.24, 2.45) is 0 Å². The molecule has 98 valence electrons. The van der Waals surface area contributed by atoms with Crippen molar-refractivity contribution < 1.29 is 17.5 Å². The molecular weight excluding hydrogens is 246 g/mol. The summed E-state index contributed by atoms with van der Waals surface area (Å²) < 4.78 is 31.6. The van der Waals surface area contributed by atoms with E-state index in [4.69, 9.17) is 29.0 Å². The van der Waals surface area contributed by atoms with E-state index >= 15 is 0 Å². The van der Waals surface area contributed by atoms with E-state index in [1.165, 1.54) is 0 Å². The second-order valence-corrected chi connectivity index (χ2v) is 4.12. The summed E-state index contributed by atoms with van der Waals surface area (Å²) in [7, 11) is -4.67. The van der Waals surface area contributed by atoms with E-state index in [9.17, 15) is 0 Å². The van der Waals surface area contributed by atoms with Crippen molar-refractivity contribution in [2.45, 2.75) is 13.3 Å². The van der Waals surface area contributed by atoms with Gasteiger partial charge in [0.15, 0.2) is 0 Å². The van der Waals surface area contributed by atoms with E-state index in [0.29, 0.717) is 0 Å². The average Bonchev–Trinajstić information content (AvgIpc) is 2.17. The lowest BCUT2D eigenvalue weighted by Crippen LogP contribution is -2.03. The van der Waals surface area contributed by atoms with Crippen LogP contribution < -0.4 is 16.8 Å². The molecule has 0 saturated carbocycles. The predicted octanol–water partition coefficient (Wildman–Crippen LogP) is 1.02. The van der Waals surface area contributed by atoms with Gasteiger partial charge in [-0.05, 0) is 24.6 Å². The van der Waals surface area contributed by atoms with Crippen LogP contribution in [-0.4, -0.2) is 24.1 Å². The molecule has 1 rings (SSSR count). The van der Waals surface area contributed by atoms with Crippen LogP contribution in [0.4, 0.5) is 17.1 Å². The van der Waals surface area contributed by atoms with Gasteiger partial charge >= 0.3 is 10.4 Å². The van der Waals surface area contributed by atoms with Crippen molar-refractivity contribution in [3.63, 3.8) is 0 Å². The van der Waals surface area contributed by atoms with Gasteiger partial charge in [0.2, 0.25) is 0 Å². The number of nitrogens with two attached hydrogens (primary N) is 2. The summed E-state index contributed by atoms with van der Waals surface area (Å²) in [5.74, 6) is 0. The Kier molecular flexibility index (Phi) is 6.33. The zero-order valence-electron chi connectivity index (χ0n) is 9.42. The minimum Gasteiger partial charge on any atom is -0.399 e. The third-order valence-corrected chi connectivity index (χ3v) is 1.64. The first kappa shape index (κ1) is 15.5. The van der Waals surface area contributed by atoms with Gasteiger partial charge in [0.1, 0.15) is 0 Å². The lowest BCUT2D eigenvalue weighted by molar-refractivity contribution is 0.381. The molecule has 8 heteroatoms. The Labute approximate surface area is 100 Å². The fraction of sp³-hybridized carbons (Fsp3) is 0.333. The first-order valence-electron chi connectivity index (χ1n) is 4.82. The van der Waals surface area contributed by atoms with Gasteiger partial charge in [-0.1, -0.05) is 6.92 Å². The summed E-state index contributed by atoms with van der Waals surface area (Å²) in [4.78, 5) is 0. The molecule has 0 spiro atoms. The van der Waals surface area contributed by atoms with E-state index in [2.05, 4.69) is 12.2 Å². The summed E-state index contributed by atoms with van der Waals surface area (Å²) in [5, 5.41) is 3.20. The highest BCUT2D eigenvalue weighted by atomic mass is 32.3. The third kappa shape index (κ3) is 9.42. The van der Waals surface area contributed by atoms with Crippen molar-refractivity contribution in [1.82, 2.24) is 0 Å². The Morgan fingerprint density at radius 3 is 2.29 bits per heavy atom. The van der Waals surface area contributed by atoms with Gasteiger partial charge < -0.3 is 16.8 Å². The molecule has 17 heavy (non-hydrogen) atoms. The van der Waals surface area contributed by atoms with Crippen LogP contribution in [0.25, 0.3) is 0 Å². The van der Waals surface area contributed by atoms with Crippen molar-refractivity contribution in [3.8, 4) is 0 Å². The normalized spacial score (nSPS) is 10.3. The highest BCUT2D eigenvalue weighted by Gasteiger charge is 1.96. The van der Waals surface area contributed by atoms with Gasteiger partial charge in [-0.25, -0.2) is 0 Å². The Morgan fingerprint density at radius 1 is 1.29 bits per heavy atom. The predicted molar refractivity (Wildman–Crippen MR) is 68.2 cm³/mol. The minimum absolute atomic E-state index is 0.739. The molecule has 0 radical (unpaired) electrons. The van der Waals surface area contributed by atoms with E-state index in [1.807, 2.05) is 12.1 Å². The Hall–Kier alpha value is -1.51. The van der Waals surface area contributed by atoms with Crippen molar-refractivity contribution >= 4 is 27.5 Å². The SMILES string of the molecule is CCCNc1cc(N)ccc1N.O=S(=O)(O)O. The maximum Gasteiger partial charge on any atom is 0.394 e. The van der Waals surface area contributed by atoms with Crippen molar-refractivity contribution in [1.29, 1.82) is 0 Å². The van der Waals surface area contributed by atoms with E-state index in [1.54, 1.807) is 6.07 Å². The zero-order chi connectivity index (χ0) is 13.5. The molecule has 1 aromatic rings. The van der Waals surface area contributed by atoms with Crippen LogP contribution in [0.15, 0.2) is 18.2 Å². The molecule has 0 saturated heterocycles. The van der Waals surface area contributed by atoms with Crippen molar-refractivity contribution in [2.75, 3.05) is 23.3 Å². The van der Waals surface area contributed by atoms with Crippen LogP contribution in [0.1, 0.15) is 13.3 Å². The topological polar surface area (TPSA) is 139 Å². The first-order valence-corrected chi connectivity index (χ1v) is 6.22. The van der Waals surface area contributed by atoms with Crippen molar-refractivity contribution in [3.05, 3.63) is 18.2 Å². The summed E-state index contributed by atoms with van der Waals surface area (Å²) in [6.07, 6.45) is 1.08. The zero-order valence-corrected chi connectivity index (χ0v) is 10.2. The molecule has 7 nitrogen and oxygen atoms in total. The maximum atomic E-state index is 8.74. The Balaban J connectivity index is 0.000000437. The first-order chi connectivity index (χ1) is 7.74. The summed E-state index contributed by atoms with van der Waals surface area (Å²) in [6, 6.07) is 5.46. The molecule has 1 aromatic carbocycles. The summed E-state index contributed by atoms with van der Waals surface area (Å²) in [5.41, 5.74) is 13.7. The van der Waals surface area contributed by atoms with Gasteiger partial charge in [0, 0.05) is 12.2 Å². The average molecular weight is 263 g/mol. The molecule has 0 aliphatic heterocycles. The second kappa shape index (κ2) is 6.94. The summed E-state index contributed by atoms with van der Waals surface area (Å²) in [6.45, 7) is 3.03. The Bertz CT molecular complexity index is 440. The fourth-order valence-electron chi connectivity index (χ4n) is 0.987. The van der Waals surface area contributed by atoms with Gasteiger partial charge in [-0.15, -0.1) is 0 Å². The lowest BCUT2D eigenvalue weighted by Gasteiger charge is -2.08. The van der Waals surface area contributed by atoms with Gasteiger partial charge in [-0.3, -0.25) is 9.11 Å². The molecule has 0 heterocycles. The smallest absolute Gasteiger partial charge is 0.394 e. The number of benzene rings is 1. The molecule has 0 aromatic heterocycles. The maximum absolute atomic E-state index is 8.74. The van der Waals surface area contributed by atoms with E-state index < -0.39 is 10.4 Å². The van der Waals surface area contributed by atoms with Crippen LogP contribution in [0.2, 0.25) is 0 Å². The molecule has 0 atom stereocenters. The number of nitrogens with one attached hydrogen (secondary N) is 1.